The zero-order chi connectivity index (χ0) is 15.1. The molecule has 0 aromatic carbocycles. The Balaban J connectivity index is 1.79. The van der Waals surface area contributed by atoms with E-state index >= 15 is 0 Å². The number of nitrogens with one attached hydrogen (secondary N) is 1. The number of rotatable bonds is 6. The summed E-state index contributed by atoms with van der Waals surface area (Å²) >= 11 is 1.30. The molecule has 1 aromatic heterocycles. The van der Waals surface area contributed by atoms with Gasteiger partial charge in [-0.1, -0.05) is 6.08 Å². The number of hydrogen-bond acceptors (Lipinski definition) is 7. The van der Waals surface area contributed by atoms with Crippen LogP contribution in [0.15, 0.2) is 18.0 Å². The van der Waals surface area contributed by atoms with Gasteiger partial charge in [-0.05, 0) is 0 Å². The van der Waals surface area contributed by atoms with Gasteiger partial charge in [-0.3, -0.25) is 4.79 Å². The van der Waals surface area contributed by atoms with Gasteiger partial charge in [0.1, 0.15) is 0 Å². The minimum Gasteiger partial charge on any atom is -0.451 e. The van der Waals surface area contributed by atoms with Gasteiger partial charge in [-0.2, -0.15) is 0 Å². The van der Waals surface area contributed by atoms with Crippen molar-refractivity contribution in [2.75, 3.05) is 44.8 Å². The number of thiazole rings is 1. The van der Waals surface area contributed by atoms with Gasteiger partial charge in [0.2, 0.25) is 0 Å². The molecule has 0 unspecified atom stereocenters. The van der Waals surface area contributed by atoms with E-state index in [1.165, 1.54) is 11.3 Å². The van der Waals surface area contributed by atoms with Crippen LogP contribution in [0.2, 0.25) is 0 Å². The maximum absolute atomic E-state index is 11.8. The number of hydrogen-bond donors (Lipinski definition) is 1. The van der Waals surface area contributed by atoms with Crippen LogP contribution < -0.4 is 5.32 Å². The third-order valence-corrected chi connectivity index (χ3v) is 3.60. The number of esters is 1. The lowest BCUT2D eigenvalue weighted by atomic mass is 10.4. The first-order valence-corrected chi connectivity index (χ1v) is 7.41. The van der Waals surface area contributed by atoms with Crippen LogP contribution in [0.1, 0.15) is 10.5 Å². The van der Waals surface area contributed by atoms with Crippen molar-refractivity contribution in [1.82, 2.24) is 9.88 Å². The highest BCUT2D eigenvalue weighted by Crippen LogP contribution is 2.15. The monoisotopic (exact) mass is 311 g/mol. The van der Waals surface area contributed by atoms with E-state index in [-0.39, 0.29) is 18.2 Å². The molecule has 1 aliphatic rings. The van der Waals surface area contributed by atoms with Crippen molar-refractivity contribution in [3.8, 4) is 0 Å². The smallest absolute Gasteiger partial charge is 0.358 e. The van der Waals surface area contributed by atoms with Gasteiger partial charge in [-0.25, -0.2) is 9.78 Å². The van der Waals surface area contributed by atoms with Crippen LogP contribution in [0.3, 0.4) is 0 Å². The Morgan fingerprint density at radius 2 is 2.29 bits per heavy atom. The van der Waals surface area contributed by atoms with Crippen LogP contribution >= 0.6 is 11.3 Å². The second-order valence-electron chi connectivity index (χ2n) is 4.28. The van der Waals surface area contributed by atoms with Gasteiger partial charge in [0.05, 0.1) is 13.2 Å². The first-order chi connectivity index (χ1) is 10.2. The molecular weight excluding hydrogens is 294 g/mol. The van der Waals surface area contributed by atoms with Crippen LogP contribution in [0, 0.1) is 0 Å². The molecule has 1 amide bonds. The summed E-state index contributed by atoms with van der Waals surface area (Å²) in [5.41, 5.74) is 0.196. The van der Waals surface area contributed by atoms with Crippen molar-refractivity contribution < 1.29 is 19.1 Å². The van der Waals surface area contributed by atoms with Crippen LogP contribution in [-0.4, -0.2) is 61.2 Å². The molecule has 0 radical (unpaired) electrons. The van der Waals surface area contributed by atoms with E-state index in [0.717, 1.165) is 0 Å². The summed E-state index contributed by atoms with van der Waals surface area (Å²) in [6, 6.07) is 0. The lowest BCUT2D eigenvalue weighted by Crippen LogP contribution is -2.42. The minimum absolute atomic E-state index is 0.196. The number of morpholine rings is 1. The van der Waals surface area contributed by atoms with E-state index in [9.17, 15) is 9.59 Å². The first kappa shape index (κ1) is 15.5. The Labute approximate surface area is 126 Å². The number of carbonyl (C=O) groups is 2. The van der Waals surface area contributed by atoms with Crippen molar-refractivity contribution in [2.45, 2.75) is 0 Å². The van der Waals surface area contributed by atoms with Gasteiger partial charge >= 0.3 is 5.97 Å². The van der Waals surface area contributed by atoms with Crippen LogP contribution in [0.4, 0.5) is 5.13 Å². The standard InChI is InChI=1S/C13H17N3O4S/c1-2-3-14-13-15-10(9-21-13)12(18)20-8-11(17)16-4-6-19-7-5-16/h2,9H,1,3-8H2,(H,14,15). The first-order valence-electron chi connectivity index (χ1n) is 6.53. The molecule has 21 heavy (non-hydrogen) atoms. The average molecular weight is 311 g/mol. The molecule has 0 saturated carbocycles. The van der Waals surface area contributed by atoms with E-state index < -0.39 is 5.97 Å². The Morgan fingerprint density at radius 1 is 1.52 bits per heavy atom. The van der Waals surface area contributed by atoms with Crippen LogP contribution in [0.5, 0.6) is 0 Å². The molecule has 7 nitrogen and oxygen atoms in total. The summed E-state index contributed by atoms with van der Waals surface area (Å²) in [4.78, 5) is 29.3. The van der Waals surface area contributed by atoms with Crippen LogP contribution in [0.25, 0.3) is 0 Å². The molecule has 0 spiro atoms. The molecule has 0 bridgehead atoms. The van der Waals surface area contributed by atoms with E-state index in [2.05, 4.69) is 16.9 Å². The zero-order valence-corrected chi connectivity index (χ0v) is 12.4. The molecular formula is C13H17N3O4S. The summed E-state index contributed by atoms with van der Waals surface area (Å²) < 4.78 is 10.1. The highest BCUT2D eigenvalue weighted by Gasteiger charge is 2.19. The quantitative estimate of drug-likeness (QED) is 0.617. The SMILES string of the molecule is C=CCNc1nc(C(=O)OCC(=O)N2CCOCC2)cs1. The molecule has 114 valence electrons. The fourth-order valence-corrected chi connectivity index (χ4v) is 2.40. The van der Waals surface area contributed by atoms with E-state index in [0.29, 0.717) is 38.0 Å². The van der Waals surface area contributed by atoms with Gasteiger partial charge in [0.15, 0.2) is 17.4 Å². The molecule has 2 rings (SSSR count). The Kier molecular flexibility index (Phi) is 5.70. The predicted molar refractivity (Wildman–Crippen MR) is 78.5 cm³/mol. The summed E-state index contributed by atoms with van der Waals surface area (Å²) in [6.07, 6.45) is 1.69. The molecule has 2 heterocycles. The molecule has 1 saturated heterocycles. The number of amides is 1. The maximum Gasteiger partial charge on any atom is 0.358 e. The lowest BCUT2D eigenvalue weighted by molar-refractivity contribution is -0.138. The van der Waals surface area contributed by atoms with Crippen molar-refractivity contribution in [1.29, 1.82) is 0 Å². The molecule has 1 aliphatic heterocycles. The number of anilines is 1. The molecule has 1 N–H and O–H groups in total. The van der Waals surface area contributed by atoms with Gasteiger partial charge in [-0.15, -0.1) is 17.9 Å². The van der Waals surface area contributed by atoms with E-state index in [1.54, 1.807) is 16.4 Å². The predicted octanol–water partition coefficient (Wildman–Crippen LogP) is 0.757. The van der Waals surface area contributed by atoms with Crippen molar-refractivity contribution in [2.24, 2.45) is 0 Å². The summed E-state index contributed by atoms with van der Waals surface area (Å²) in [7, 11) is 0. The van der Waals surface area contributed by atoms with Crippen molar-refractivity contribution in [3.05, 3.63) is 23.7 Å². The largest absolute Gasteiger partial charge is 0.451 e. The number of nitrogens with zero attached hydrogens (tertiary/aromatic N) is 2. The summed E-state index contributed by atoms with van der Waals surface area (Å²) in [5, 5.41) is 5.18. The summed E-state index contributed by atoms with van der Waals surface area (Å²) in [5.74, 6) is -0.814. The number of carbonyl (C=O) groups excluding carboxylic acids is 2. The fraction of sp³-hybridized carbons (Fsp3) is 0.462. The van der Waals surface area contributed by atoms with Gasteiger partial charge in [0.25, 0.3) is 5.91 Å². The third-order valence-electron chi connectivity index (χ3n) is 2.80. The molecule has 0 atom stereocenters. The highest BCUT2D eigenvalue weighted by molar-refractivity contribution is 7.13. The normalized spacial score (nSPS) is 14.6. The lowest BCUT2D eigenvalue weighted by Gasteiger charge is -2.26. The molecule has 1 fully saturated rings. The van der Waals surface area contributed by atoms with Crippen LogP contribution in [-0.2, 0) is 14.3 Å². The van der Waals surface area contributed by atoms with Gasteiger partial charge in [0, 0.05) is 25.0 Å². The maximum atomic E-state index is 11.8. The molecule has 1 aromatic rings. The second kappa shape index (κ2) is 7.75. The minimum atomic E-state index is -0.598. The van der Waals surface area contributed by atoms with E-state index in [4.69, 9.17) is 9.47 Å². The highest BCUT2D eigenvalue weighted by atomic mass is 32.1. The number of ether oxygens (including phenoxy) is 2. The molecule has 0 aliphatic carbocycles. The second-order valence-corrected chi connectivity index (χ2v) is 5.13. The van der Waals surface area contributed by atoms with Crippen molar-refractivity contribution >= 4 is 28.3 Å². The Bertz CT molecular complexity index is 511. The zero-order valence-electron chi connectivity index (χ0n) is 11.5. The Hall–Kier alpha value is -1.93. The molecule has 8 heteroatoms. The fourth-order valence-electron chi connectivity index (χ4n) is 1.71. The average Bonchev–Trinajstić information content (AvgIpc) is 3.00. The summed E-state index contributed by atoms with van der Waals surface area (Å²) in [6.45, 7) is 5.97. The number of aromatic nitrogens is 1. The Morgan fingerprint density at radius 3 is 3.00 bits per heavy atom. The topological polar surface area (TPSA) is 80.8 Å². The van der Waals surface area contributed by atoms with Gasteiger partial charge < -0.3 is 19.7 Å². The van der Waals surface area contributed by atoms with E-state index in [1.807, 2.05) is 0 Å². The third kappa shape index (κ3) is 4.54. The van der Waals surface area contributed by atoms with Crippen molar-refractivity contribution in [3.63, 3.8) is 0 Å².